The number of hydrogen-bond acceptors (Lipinski definition) is 4. The van der Waals surface area contributed by atoms with E-state index in [1.54, 1.807) is 25.4 Å². The fraction of sp³-hybridized carbons (Fsp3) is 0.321. The maximum Gasteiger partial charge on any atom is 0.250 e. The predicted molar refractivity (Wildman–Crippen MR) is 133 cm³/mol. The van der Waals surface area contributed by atoms with Gasteiger partial charge >= 0.3 is 0 Å². The average Bonchev–Trinajstić information content (AvgIpc) is 2.79. The summed E-state index contributed by atoms with van der Waals surface area (Å²) in [4.78, 5) is 37.2. The van der Waals surface area contributed by atoms with Gasteiger partial charge in [0, 0.05) is 48.7 Å². The minimum Gasteiger partial charge on any atom is -0.396 e. The molecule has 0 radical (unpaired) electrons. The first-order valence-electron chi connectivity index (χ1n) is 11.4. The number of aryl methyl sites for hydroxylation is 2. The van der Waals surface area contributed by atoms with Gasteiger partial charge < -0.3 is 15.4 Å². The number of amides is 1. The summed E-state index contributed by atoms with van der Waals surface area (Å²) in [6.07, 6.45) is 1.74. The molecule has 0 fully saturated rings. The lowest BCUT2D eigenvalue weighted by Crippen LogP contribution is -2.21. The first-order chi connectivity index (χ1) is 16.1. The van der Waals surface area contributed by atoms with Gasteiger partial charge in [-0.25, -0.2) is 0 Å². The molecule has 0 saturated carbocycles. The van der Waals surface area contributed by atoms with E-state index in [1.165, 1.54) is 10.6 Å². The highest BCUT2D eigenvalue weighted by Gasteiger charge is 2.26. The van der Waals surface area contributed by atoms with E-state index in [-0.39, 0.29) is 42.1 Å². The monoisotopic (exact) mass is 460 g/mol. The molecule has 1 unspecified atom stereocenters. The summed E-state index contributed by atoms with van der Waals surface area (Å²) in [5.41, 5.74) is 9.92. The van der Waals surface area contributed by atoms with Crippen LogP contribution in [-0.2, 0) is 7.05 Å². The number of carbonyl (C=O) groups excluding carboxylic acids is 2. The molecule has 34 heavy (non-hydrogen) atoms. The van der Waals surface area contributed by atoms with Gasteiger partial charge in [-0.15, -0.1) is 0 Å². The molecule has 178 valence electrons. The van der Waals surface area contributed by atoms with Crippen LogP contribution in [0, 0.1) is 12.8 Å². The molecule has 0 aliphatic carbocycles. The van der Waals surface area contributed by atoms with Crippen LogP contribution in [0.3, 0.4) is 0 Å². The second-order valence-electron chi connectivity index (χ2n) is 9.15. The van der Waals surface area contributed by atoms with Gasteiger partial charge in [-0.3, -0.25) is 14.4 Å². The molecule has 1 amide bonds. The number of nitrogens with two attached hydrogens (primary N) is 1. The minimum atomic E-state index is -0.547. The van der Waals surface area contributed by atoms with Crippen LogP contribution >= 0.6 is 0 Å². The minimum absolute atomic E-state index is 0.0856. The second-order valence-corrected chi connectivity index (χ2v) is 9.15. The Balaban J connectivity index is 2.14. The number of Topliss-reactive ketones (excluding diaryl/α,β-unsaturated/α-hetero) is 1. The van der Waals surface area contributed by atoms with Crippen molar-refractivity contribution in [2.75, 3.05) is 6.61 Å². The molecule has 3 N–H and O–H groups in total. The summed E-state index contributed by atoms with van der Waals surface area (Å²) in [5, 5.41) is 10.1. The van der Waals surface area contributed by atoms with E-state index in [1.807, 2.05) is 57.2 Å². The molecule has 3 rings (SSSR count). The molecular weight excluding hydrogens is 428 g/mol. The zero-order chi connectivity index (χ0) is 25.0. The largest absolute Gasteiger partial charge is 0.396 e. The van der Waals surface area contributed by atoms with Crippen LogP contribution in [0.15, 0.2) is 65.6 Å². The Kier molecular flexibility index (Phi) is 7.84. The number of nitrogens with zero attached hydrogens (tertiary/aromatic N) is 1. The zero-order valence-electron chi connectivity index (χ0n) is 20.1. The van der Waals surface area contributed by atoms with Crippen LogP contribution in [0.5, 0.6) is 0 Å². The van der Waals surface area contributed by atoms with Crippen molar-refractivity contribution in [2.45, 2.75) is 39.0 Å². The van der Waals surface area contributed by atoms with Crippen molar-refractivity contribution in [3.8, 4) is 0 Å². The van der Waals surface area contributed by atoms with Crippen molar-refractivity contribution in [2.24, 2.45) is 18.7 Å². The van der Waals surface area contributed by atoms with E-state index in [0.717, 1.165) is 16.7 Å². The Morgan fingerprint density at radius 1 is 1.03 bits per heavy atom. The molecule has 6 heteroatoms. The fourth-order valence-corrected chi connectivity index (χ4v) is 4.44. The first-order valence-corrected chi connectivity index (χ1v) is 11.4. The van der Waals surface area contributed by atoms with Gasteiger partial charge in [0.2, 0.25) is 11.5 Å². The summed E-state index contributed by atoms with van der Waals surface area (Å²) in [5.74, 6) is -1.10. The number of carbonyl (C=O) groups is 2. The smallest absolute Gasteiger partial charge is 0.250 e. The summed E-state index contributed by atoms with van der Waals surface area (Å²) in [6.45, 7) is 5.86. The quantitative estimate of drug-likeness (QED) is 0.472. The number of pyridine rings is 1. The number of hydrogen-bond donors (Lipinski definition) is 2. The van der Waals surface area contributed by atoms with Crippen molar-refractivity contribution in [3.63, 3.8) is 0 Å². The normalized spacial score (nSPS) is 13.0. The van der Waals surface area contributed by atoms with Crippen LogP contribution in [0.2, 0.25) is 0 Å². The highest BCUT2D eigenvalue weighted by atomic mass is 16.3. The van der Waals surface area contributed by atoms with Gasteiger partial charge in [-0.1, -0.05) is 50.2 Å². The zero-order valence-corrected chi connectivity index (χ0v) is 20.1. The van der Waals surface area contributed by atoms with Gasteiger partial charge in [0.1, 0.15) is 0 Å². The molecule has 6 nitrogen and oxygen atoms in total. The third-order valence-electron chi connectivity index (χ3n) is 6.51. The van der Waals surface area contributed by atoms with Crippen LogP contribution in [0.25, 0.3) is 0 Å². The van der Waals surface area contributed by atoms with Crippen LogP contribution in [0.1, 0.15) is 75.1 Å². The second kappa shape index (κ2) is 10.6. The number of benzene rings is 2. The molecule has 0 aliphatic rings. The van der Waals surface area contributed by atoms with Gasteiger partial charge in [0.15, 0.2) is 5.78 Å². The first kappa shape index (κ1) is 25.1. The highest BCUT2D eigenvalue weighted by Crippen LogP contribution is 2.35. The molecule has 1 heterocycles. The fourth-order valence-electron chi connectivity index (χ4n) is 4.44. The highest BCUT2D eigenvalue weighted by molar-refractivity contribution is 5.97. The number of rotatable bonds is 9. The van der Waals surface area contributed by atoms with Crippen molar-refractivity contribution in [1.29, 1.82) is 0 Å². The van der Waals surface area contributed by atoms with Gasteiger partial charge in [-0.2, -0.15) is 0 Å². The maximum absolute atomic E-state index is 13.3. The average molecular weight is 461 g/mol. The molecular formula is C28H32N2O4. The van der Waals surface area contributed by atoms with Crippen molar-refractivity contribution < 1.29 is 14.7 Å². The standard InChI is InChI=1S/C28H32N2O4/c1-17(2)25(16-31)24-13-19(9-11-22(24)28(29)34)23(21-8-6-5-7-18(21)3)14-26(32)20-10-12-27(33)30(4)15-20/h5-13,15,17,23,25,31H,14,16H2,1-4H3,(H2,29,34)/t23?,25-/m0/s1. The van der Waals surface area contributed by atoms with Crippen LogP contribution in [0.4, 0.5) is 0 Å². The maximum atomic E-state index is 13.3. The third kappa shape index (κ3) is 5.34. The predicted octanol–water partition coefficient (Wildman–Crippen LogP) is 3.93. The van der Waals surface area contributed by atoms with Crippen molar-refractivity contribution in [3.05, 3.63) is 105 Å². The van der Waals surface area contributed by atoms with E-state index in [2.05, 4.69) is 0 Å². The number of ketones is 1. The molecule has 1 aromatic heterocycles. The SMILES string of the molecule is Cc1ccccc1C(CC(=O)c1ccc(=O)n(C)c1)c1ccc(C(N)=O)c([C@@H](CO)C(C)C)c1. The molecule has 0 spiro atoms. The lowest BCUT2D eigenvalue weighted by Gasteiger charge is -2.25. The summed E-state index contributed by atoms with van der Waals surface area (Å²) in [7, 11) is 1.62. The van der Waals surface area contributed by atoms with E-state index >= 15 is 0 Å². The Morgan fingerprint density at radius 3 is 2.32 bits per heavy atom. The summed E-state index contributed by atoms with van der Waals surface area (Å²) in [6, 6.07) is 16.3. The molecule has 0 bridgehead atoms. The number of aliphatic hydroxyl groups is 1. The molecule has 2 aromatic carbocycles. The third-order valence-corrected chi connectivity index (χ3v) is 6.51. The Labute approximate surface area is 200 Å². The van der Waals surface area contributed by atoms with Gasteiger partial charge in [0.25, 0.3) is 0 Å². The summed E-state index contributed by atoms with van der Waals surface area (Å²) < 4.78 is 1.39. The van der Waals surface area contributed by atoms with Gasteiger partial charge in [0.05, 0.1) is 6.61 Å². The number of primary amides is 1. The van der Waals surface area contributed by atoms with Crippen LogP contribution < -0.4 is 11.3 Å². The van der Waals surface area contributed by atoms with Crippen molar-refractivity contribution in [1.82, 2.24) is 4.57 Å². The van der Waals surface area contributed by atoms with E-state index in [0.29, 0.717) is 16.7 Å². The number of aliphatic hydroxyl groups excluding tert-OH is 1. The summed E-state index contributed by atoms with van der Waals surface area (Å²) >= 11 is 0. The topological polar surface area (TPSA) is 102 Å². The molecule has 3 aromatic rings. The lowest BCUT2D eigenvalue weighted by atomic mass is 9.79. The Bertz CT molecular complexity index is 1260. The molecule has 0 saturated heterocycles. The van der Waals surface area contributed by atoms with E-state index in [4.69, 9.17) is 5.73 Å². The van der Waals surface area contributed by atoms with Gasteiger partial charge in [-0.05, 0) is 47.2 Å². The molecule has 2 atom stereocenters. The van der Waals surface area contributed by atoms with E-state index in [9.17, 15) is 19.5 Å². The Hall–Kier alpha value is -3.51. The van der Waals surface area contributed by atoms with Crippen molar-refractivity contribution >= 4 is 11.7 Å². The number of aromatic nitrogens is 1. The van der Waals surface area contributed by atoms with E-state index < -0.39 is 5.91 Å². The molecule has 0 aliphatic heterocycles. The lowest BCUT2D eigenvalue weighted by molar-refractivity contribution is 0.0973. The Morgan fingerprint density at radius 2 is 1.74 bits per heavy atom. The van der Waals surface area contributed by atoms with Crippen LogP contribution in [-0.4, -0.2) is 28.0 Å².